The highest BCUT2D eigenvalue weighted by Gasteiger charge is 2.21. The lowest BCUT2D eigenvalue weighted by atomic mass is 10.2. The van der Waals surface area contributed by atoms with Gasteiger partial charge in [-0.1, -0.05) is 11.6 Å². The van der Waals surface area contributed by atoms with Gasteiger partial charge >= 0.3 is 0 Å². The Bertz CT molecular complexity index is 569. The molecule has 0 atom stereocenters. The molecule has 0 saturated carbocycles. The summed E-state index contributed by atoms with van der Waals surface area (Å²) < 4.78 is 50.2. The minimum Gasteiger partial charge on any atom is -0.382 e. The van der Waals surface area contributed by atoms with Gasteiger partial charge < -0.3 is 15.2 Å². The average Bonchev–Trinajstić information content (AvgIpc) is 2.44. The first-order chi connectivity index (χ1) is 9.92. The van der Waals surface area contributed by atoms with Crippen LogP contribution >= 0.6 is 11.6 Å². The van der Waals surface area contributed by atoms with Gasteiger partial charge in [0.05, 0.1) is 19.8 Å². The van der Waals surface area contributed by atoms with Crippen molar-refractivity contribution in [1.82, 2.24) is 4.72 Å². The lowest BCUT2D eigenvalue weighted by Gasteiger charge is -2.11. The minimum atomic E-state index is -4.02. The van der Waals surface area contributed by atoms with E-state index in [0.717, 1.165) is 6.07 Å². The maximum Gasteiger partial charge on any atom is 0.243 e. The molecule has 0 spiro atoms. The predicted molar refractivity (Wildman–Crippen MR) is 77.2 cm³/mol. The maximum atomic E-state index is 14.0. The number of halogens is 2. The lowest BCUT2D eigenvalue weighted by molar-refractivity contribution is 0.0736. The van der Waals surface area contributed by atoms with Crippen LogP contribution in [-0.4, -0.2) is 41.9 Å². The molecule has 0 heterocycles. The van der Waals surface area contributed by atoms with Crippen molar-refractivity contribution < 1.29 is 22.3 Å². The number of benzene rings is 1. The minimum absolute atomic E-state index is 0.00988. The summed E-state index contributed by atoms with van der Waals surface area (Å²) in [6, 6.07) is 2.34. The van der Waals surface area contributed by atoms with E-state index in [1.54, 1.807) is 0 Å². The predicted octanol–water partition coefficient (Wildman–Crippen LogP) is 0.879. The van der Waals surface area contributed by atoms with Crippen LogP contribution in [0.3, 0.4) is 0 Å². The number of hydrogen-bond donors (Lipinski definition) is 2. The Morgan fingerprint density at radius 2 is 2.05 bits per heavy atom. The molecule has 120 valence electrons. The summed E-state index contributed by atoms with van der Waals surface area (Å²) in [5.41, 5.74) is 5.40. The molecule has 0 bridgehead atoms. The third kappa shape index (κ3) is 5.50. The number of nitrogens with two attached hydrogens (primary N) is 1. The van der Waals surface area contributed by atoms with Crippen LogP contribution in [0.2, 0.25) is 5.02 Å². The van der Waals surface area contributed by atoms with Gasteiger partial charge in [0.15, 0.2) is 0 Å². The standard InChI is InChI=1S/C12H18ClFN2O4S/c1-19-4-5-20-3-2-16-21(17,18)11-7-10(13)6-9(8-15)12(11)14/h6-7,16H,2-5,8,15H2,1H3. The van der Waals surface area contributed by atoms with Crippen molar-refractivity contribution >= 4 is 21.6 Å². The largest absolute Gasteiger partial charge is 0.382 e. The lowest BCUT2D eigenvalue weighted by Crippen LogP contribution is -2.29. The van der Waals surface area contributed by atoms with Gasteiger partial charge in [-0.15, -0.1) is 0 Å². The highest BCUT2D eigenvalue weighted by Crippen LogP contribution is 2.23. The number of methoxy groups -OCH3 is 1. The number of ether oxygens (including phenoxy) is 2. The zero-order chi connectivity index (χ0) is 15.9. The third-order valence-corrected chi connectivity index (χ3v) is 4.24. The van der Waals surface area contributed by atoms with Gasteiger partial charge in [-0.05, 0) is 12.1 Å². The molecular formula is C12H18ClFN2O4S. The Morgan fingerprint density at radius 1 is 1.33 bits per heavy atom. The van der Waals surface area contributed by atoms with Crippen molar-refractivity contribution in [3.8, 4) is 0 Å². The quantitative estimate of drug-likeness (QED) is 0.651. The second-order valence-corrected chi connectivity index (χ2v) is 6.26. The van der Waals surface area contributed by atoms with Crippen LogP contribution in [-0.2, 0) is 26.0 Å². The normalized spacial score (nSPS) is 11.8. The van der Waals surface area contributed by atoms with Crippen molar-refractivity contribution in [1.29, 1.82) is 0 Å². The van der Waals surface area contributed by atoms with Gasteiger partial charge in [0, 0.05) is 30.8 Å². The van der Waals surface area contributed by atoms with Crippen molar-refractivity contribution in [2.45, 2.75) is 11.4 Å². The van der Waals surface area contributed by atoms with Gasteiger partial charge in [0.2, 0.25) is 10.0 Å². The number of sulfonamides is 1. The molecule has 9 heteroatoms. The molecule has 6 nitrogen and oxygen atoms in total. The van der Waals surface area contributed by atoms with E-state index in [1.807, 2.05) is 0 Å². The first-order valence-electron chi connectivity index (χ1n) is 6.16. The second-order valence-electron chi connectivity index (χ2n) is 4.08. The summed E-state index contributed by atoms with van der Waals surface area (Å²) in [5.74, 6) is -0.894. The fraction of sp³-hybridized carbons (Fsp3) is 0.500. The molecule has 3 N–H and O–H groups in total. The van der Waals surface area contributed by atoms with Crippen LogP contribution in [0.15, 0.2) is 17.0 Å². The molecule has 1 aromatic rings. The first kappa shape index (κ1) is 18.3. The molecule has 0 aromatic heterocycles. The summed E-state index contributed by atoms with van der Waals surface area (Å²) in [5, 5.41) is 0.105. The van der Waals surface area contributed by atoms with Gasteiger partial charge in [0.25, 0.3) is 0 Å². The van der Waals surface area contributed by atoms with Crippen LogP contribution in [0.1, 0.15) is 5.56 Å². The van der Waals surface area contributed by atoms with E-state index in [0.29, 0.717) is 13.2 Å². The highest BCUT2D eigenvalue weighted by atomic mass is 35.5. The van der Waals surface area contributed by atoms with Gasteiger partial charge in [-0.2, -0.15) is 0 Å². The average molecular weight is 341 g/mol. The zero-order valence-electron chi connectivity index (χ0n) is 11.6. The molecule has 0 unspecified atom stereocenters. The monoisotopic (exact) mass is 340 g/mol. The maximum absolute atomic E-state index is 14.0. The van der Waals surface area contributed by atoms with E-state index in [9.17, 15) is 12.8 Å². The molecule has 0 aliphatic carbocycles. The molecule has 0 aliphatic heterocycles. The van der Waals surface area contributed by atoms with Crippen LogP contribution in [0, 0.1) is 5.82 Å². The number of nitrogens with one attached hydrogen (secondary N) is 1. The van der Waals surface area contributed by atoms with Crippen molar-refractivity contribution in [3.63, 3.8) is 0 Å². The van der Waals surface area contributed by atoms with Crippen LogP contribution in [0.25, 0.3) is 0 Å². The first-order valence-corrected chi connectivity index (χ1v) is 8.03. The molecule has 0 radical (unpaired) electrons. The molecule has 0 saturated heterocycles. The molecule has 0 aliphatic rings. The van der Waals surface area contributed by atoms with Gasteiger partial charge in [-0.25, -0.2) is 17.5 Å². The Balaban J connectivity index is 2.72. The van der Waals surface area contributed by atoms with Gasteiger partial charge in [-0.3, -0.25) is 0 Å². The highest BCUT2D eigenvalue weighted by molar-refractivity contribution is 7.89. The topological polar surface area (TPSA) is 90.6 Å². The summed E-state index contributed by atoms with van der Waals surface area (Å²) in [6.45, 7) is 0.774. The third-order valence-electron chi connectivity index (χ3n) is 2.56. The Hall–Kier alpha value is -0.770. The molecule has 0 amide bonds. The van der Waals surface area contributed by atoms with E-state index < -0.39 is 20.7 Å². The van der Waals surface area contributed by atoms with E-state index in [4.69, 9.17) is 26.8 Å². The van der Waals surface area contributed by atoms with E-state index in [1.165, 1.54) is 13.2 Å². The SMILES string of the molecule is COCCOCCNS(=O)(=O)c1cc(Cl)cc(CN)c1F. The van der Waals surface area contributed by atoms with E-state index in [-0.39, 0.29) is 30.3 Å². The molecule has 21 heavy (non-hydrogen) atoms. The van der Waals surface area contributed by atoms with Crippen molar-refractivity contribution in [2.75, 3.05) is 33.5 Å². The summed E-state index contributed by atoms with van der Waals surface area (Å²) in [4.78, 5) is -0.521. The summed E-state index contributed by atoms with van der Waals surface area (Å²) in [6.07, 6.45) is 0. The summed E-state index contributed by atoms with van der Waals surface area (Å²) in [7, 11) is -2.48. The number of rotatable bonds is 9. The van der Waals surface area contributed by atoms with Crippen molar-refractivity contribution in [2.24, 2.45) is 5.73 Å². The van der Waals surface area contributed by atoms with E-state index in [2.05, 4.69) is 4.72 Å². The zero-order valence-corrected chi connectivity index (χ0v) is 13.1. The Morgan fingerprint density at radius 3 is 2.67 bits per heavy atom. The smallest absolute Gasteiger partial charge is 0.243 e. The van der Waals surface area contributed by atoms with E-state index >= 15 is 0 Å². The number of hydrogen-bond acceptors (Lipinski definition) is 5. The Kier molecular flexibility index (Phi) is 7.50. The fourth-order valence-corrected chi connectivity index (χ4v) is 2.99. The Labute approximate surface area is 128 Å². The van der Waals surface area contributed by atoms with Crippen LogP contribution in [0.5, 0.6) is 0 Å². The molecule has 1 rings (SSSR count). The molecule has 1 aromatic carbocycles. The molecular weight excluding hydrogens is 323 g/mol. The summed E-state index contributed by atoms with van der Waals surface area (Å²) >= 11 is 5.77. The fourth-order valence-electron chi connectivity index (χ4n) is 1.53. The van der Waals surface area contributed by atoms with Crippen LogP contribution in [0.4, 0.5) is 4.39 Å². The van der Waals surface area contributed by atoms with Crippen LogP contribution < -0.4 is 10.5 Å². The second kappa shape index (κ2) is 8.62. The molecule has 0 fully saturated rings. The van der Waals surface area contributed by atoms with Gasteiger partial charge in [0.1, 0.15) is 10.7 Å². The van der Waals surface area contributed by atoms with Crippen molar-refractivity contribution in [3.05, 3.63) is 28.5 Å².